The van der Waals surface area contributed by atoms with Crippen LogP contribution in [0.25, 0.3) is 0 Å². The van der Waals surface area contributed by atoms with E-state index < -0.39 is 5.97 Å². The molecule has 9 heteroatoms. The van der Waals surface area contributed by atoms with Gasteiger partial charge in [-0.05, 0) is 51.1 Å². The second-order valence-electron chi connectivity index (χ2n) is 6.88. The average molecular weight is 471 g/mol. The number of esters is 1. The summed E-state index contributed by atoms with van der Waals surface area (Å²) >= 11 is 3.05. The molecule has 1 aromatic heterocycles. The lowest BCUT2D eigenvalue weighted by Crippen LogP contribution is -2.15. The highest BCUT2D eigenvalue weighted by Gasteiger charge is 2.14. The van der Waals surface area contributed by atoms with E-state index in [1.807, 2.05) is 11.5 Å². The molecule has 168 valence electrons. The zero-order valence-corrected chi connectivity index (χ0v) is 20.0. The lowest BCUT2D eigenvalue weighted by atomic mass is 10.2. The first-order valence-corrected chi connectivity index (χ1v) is 12.3. The van der Waals surface area contributed by atoms with E-state index in [0.717, 1.165) is 12.4 Å². The van der Waals surface area contributed by atoms with E-state index in [-0.39, 0.29) is 11.7 Å². The van der Waals surface area contributed by atoms with Crippen molar-refractivity contribution >= 4 is 41.1 Å². The number of aromatic nitrogens is 3. The molecule has 0 radical (unpaired) electrons. The van der Waals surface area contributed by atoms with Gasteiger partial charge in [0, 0.05) is 17.1 Å². The van der Waals surface area contributed by atoms with E-state index in [0.29, 0.717) is 28.8 Å². The minimum Gasteiger partial charge on any atom is -0.462 e. The standard InChI is InChI=1S/C23H26N4O3S2/c1-4-27-20(14-31-19-11-9-16(3)10-12-19)25-26-23(27)32-15-21(28)24-18-8-6-7-17(13-18)22(29)30-5-2/h6-13H,4-5,14-15H2,1-3H3,(H,24,28). The van der Waals surface area contributed by atoms with Gasteiger partial charge in [0.05, 0.1) is 23.7 Å². The molecule has 0 spiro atoms. The van der Waals surface area contributed by atoms with E-state index in [4.69, 9.17) is 4.74 Å². The Kier molecular flexibility index (Phi) is 8.75. The molecule has 0 aliphatic carbocycles. The van der Waals surface area contributed by atoms with Crippen LogP contribution in [-0.4, -0.2) is 39.0 Å². The molecule has 1 amide bonds. The number of aryl methyl sites for hydroxylation is 1. The Hall–Kier alpha value is -2.78. The van der Waals surface area contributed by atoms with Gasteiger partial charge in [-0.15, -0.1) is 22.0 Å². The Morgan fingerprint density at radius 3 is 2.56 bits per heavy atom. The summed E-state index contributed by atoms with van der Waals surface area (Å²) in [6.07, 6.45) is 0. The smallest absolute Gasteiger partial charge is 0.338 e. The first kappa shape index (κ1) is 23.9. The highest BCUT2D eigenvalue weighted by molar-refractivity contribution is 7.99. The molecule has 0 saturated carbocycles. The van der Waals surface area contributed by atoms with Crippen molar-refractivity contribution in [1.29, 1.82) is 0 Å². The minimum atomic E-state index is -0.412. The zero-order valence-electron chi connectivity index (χ0n) is 18.3. The predicted octanol–water partition coefficient (Wildman–Crippen LogP) is 4.81. The van der Waals surface area contributed by atoms with E-state index in [1.165, 1.54) is 22.2 Å². The number of hydrogen-bond donors (Lipinski definition) is 1. The summed E-state index contributed by atoms with van der Waals surface area (Å²) in [7, 11) is 0. The number of benzene rings is 2. The van der Waals surface area contributed by atoms with Gasteiger partial charge in [0.25, 0.3) is 0 Å². The molecule has 1 N–H and O–H groups in total. The summed E-state index contributed by atoms with van der Waals surface area (Å²) in [5.41, 5.74) is 2.18. The fourth-order valence-electron chi connectivity index (χ4n) is 2.90. The molecular formula is C23H26N4O3S2. The van der Waals surface area contributed by atoms with Crippen LogP contribution in [0.5, 0.6) is 0 Å². The van der Waals surface area contributed by atoms with Crippen LogP contribution in [0.3, 0.4) is 0 Å². The summed E-state index contributed by atoms with van der Waals surface area (Å²) < 4.78 is 7.03. The summed E-state index contributed by atoms with van der Waals surface area (Å²) in [5, 5.41) is 12.1. The third kappa shape index (κ3) is 6.61. The van der Waals surface area contributed by atoms with Gasteiger partial charge in [0.15, 0.2) is 5.16 Å². The topological polar surface area (TPSA) is 86.1 Å². The second kappa shape index (κ2) is 11.7. The van der Waals surface area contributed by atoms with Crippen molar-refractivity contribution in [3.63, 3.8) is 0 Å². The van der Waals surface area contributed by atoms with Gasteiger partial charge in [-0.1, -0.05) is 35.5 Å². The maximum absolute atomic E-state index is 12.4. The Balaban J connectivity index is 1.56. The van der Waals surface area contributed by atoms with Gasteiger partial charge in [0.1, 0.15) is 5.82 Å². The third-order valence-electron chi connectivity index (χ3n) is 4.49. The molecule has 1 heterocycles. The average Bonchev–Trinajstić information content (AvgIpc) is 3.19. The molecule has 0 saturated heterocycles. The van der Waals surface area contributed by atoms with Crippen LogP contribution in [0.1, 0.15) is 35.6 Å². The molecular weight excluding hydrogens is 444 g/mol. The first-order valence-electron chi connectivity index (χ1n) is 10.3. The van der Waals surface area contributed by atoms with Gasteiger partial charge in [0.2, 0.25) is 5.91 Å². The Labute approximate surface area is 196 Å². The number of amides is 1. The Bertz CT molecular complexity index is 1070. The van der Waals surface area contributed by atoms with Crippen LogP contribution in [0, 0.1) is 6.92 Å². The van der Waals surface area contributed by atoms with Gasteiger partial charge in [-0.25, -0.2) is 4.79 Å². The summed E-state index contributed by atoms with van der Waals surface area (Å²) in [5.74, 6) is 1.18. The Morgan fingerprint density at radius 2 is 1.84 bits per heavy atom. The van der Waals surface area contributed by atoms with Gasteiger partial charge in [-0.2, -0.15) is 0 Å². The van der Waals surface area contributed by atoms with E-state index in [9.17, 15) is 9.59 Å². The molecule has 0 fully saturated rings. The van der Waals surface area contributed by atoms with Gasteiger partial charge in [-0.3, -0.25) is 4.79 Å². The van der Waals surface area contributed by atoms with E-state index in [1.54, 1.807) is 43.0 Å². The van der Waals surface area contributed by atoms with Crippen molar-refractivity contribution in [2.24, 2.45) is 0 Å². The highest BCUT2D eigenvalue weighted by atomic mass is 32.2. The first-order chi connectivity index (χ1) is 15.5. The fourth-order valence-corrected chi connectivity index (χ4v) is 4.56. The molecule has 0 unspecified atom stereocenters. The summed E-state index contributed by atoms with van der Waals surface area (Å²) in [4.78, 5) is 25.5. The van der Waals surface area contributed by atoms with Crippen molar-refractivity contribution in [3.8, 4) is 0 Å². The zero-order chi connectivity index (χ0) is 22.9. The van der Waals surface area contributed by atoms with Crippen molar-refractivity contribution in [2.75, 3.05) is 17.7 Å². The molecule has 0 aliphatic heterocycles. The predicted molar refractivity (Wildman–Crippen MR) is 128 cm³/mol. The summed E-state index contributed by atoms with van der Waals surface area (Å²) in [6, 6.07) is 15.1. The fraction of sp³-hybridized carbons (Fsp3) is 0.304. The molecule has 0 aliphatic rings. The lowest BCUT2D eigenvalue weighted by molar-refractivity contribution is -0.113. The number of thioether (sulfide) groups is 2. The normalized spacial score (nSPS) is 10.7. The van der Waals surface area contributed by atoms with Gasteiger partial charge < -0.3 is 14.6 Å². The van der Waals surface area contributed by atoms with Gasteiger partial charge >= 0.3 is 5.97 Å². The molecule has 3 rings (SSSR count). The Morgan fingerprint density at radius 1 is 1.06 bits per heavy atom. The van der Waals surface area contributed by atoms with E-state index in [2.05, 4.69) is 46.7 Å². The SMILES string of the molecule is CCOC(=O)c1cccc(NC(=O)CSc2nnc(CSc3ccc(C)cc3)n2CC)c1. The number of anilines is 1. The maximum Gasteiger partial charge on any atom is 0.338 e. The van der Waals surface area contributed by atoms with Crippen molar-refractivity contribution < 1.29 is 14.3 Å². The number of carbonyl (C=O) groups excluding carboxylic acids is 2. The third-order valence-corrected chi connectivity index (χ3v) is 6.46. The van der Waals surface area contributed by atoms with Crippen molar-refractivity contribution in [1.82, 2.24) is 14.8 Å². The molecule has 3 aromatic rings. The number of nitrogens with zero attached hydrogens (tertiary/aromatic N) is 3. The second-order valence-corrected chi connectivity index (χ2v) is 8.87. The van der Waals surface area contributed by atoms with Crippen molar-refractivity contribution in [2.45, 2.75) is 43.1 Å². The maximum atomic E-state index is 12.4. The van der Waals surface area contributed by atoms with Crippen LogP contribution in [0.15, 0.2) is 58.6 Å². The van der Waals surface area contributed by atoms with Crippen LogP contribution < -0.4 is 5.32 Å². The largest absolute Gasteiger partial charge is 0.462 e. The number of hydrogen-bond acceptors (Lipinski definition) is 7. The van der Waals surface area contributed by atoms with Crippen LogP contribution in [0.4, 0.5) is 5.69 Å². The quantitative estimate of drug-likeness (QED) is 0.336. The monoisotopic (exact) mass is 470 g/mol. The van der Waals surface area contributed by atoms with E-state index >= 15 is 0 Å². The molecule has 32 heavy (non-hydrogen) atoms. The molecule has 0 bridgehead atoms. The highest BCUT2D eigenvalue weighted by Crippen LogP contribution is 2.25. The molecule has 2 aromatic carbocycles. The number of carbonyl (C=O) groups is 2. The van der Waals surface area contributed by atoms with Crippen molar-refractivity contribution in [3.05, 3.63) is 65.5 Å². The molecule has 7 nitrogen and oxygen atoms in total. The summed E-state index contributed by atoms with van der Waals surface area (Å²) in [6.45, 7) is 6.88. The minimum absolute atomic E-state index is 0.183. The number of nitrogens with one attached hydrogen (secondary N) is 1. The lowest BCUT2D eigenvalue weighted by Gasteiger charge is -2.09. The number of ether oxygens (including phenoxy) is 1. The molecule has 0 atom stereocenters. The van der Waals surface area contributed by atoms with Crippen LogP contribution in [-0.2, 0) is 21.8 Å². The number of rotatable bonds is 10. The van der Waals surface area contributed by atoms with Crippen LogP contribution >= 0.6 is 23.5 Å². The van der Waals surface area contributed by atoms with Crippen LogP contribution in [0.2, 0.25) is 0 Å².